The van der Waals surface area contributed by atoms with Crippen molar-refractivity contribution in [2.75, 3.05) is 0 Å². The van der Waals surface area contributed by atoms with Gasteiger partial charge in [-0.15, -0.1) is 11.7 Å². The molecule has 0 saturated heterocycles. The van der Waals surface area contributed by atoms with Gasteiger partial charge in [0.2, 0.25) is 10.0 Å². The van der Waals surface area contributed by atoms with Crippen LogP contribution in [0.5, 0.6) is 0 Å². The van der Waals surface area contributed by atoms with Crippen LogP contribution in [0.3, 0.4) is 0 Å². The van der Waals surface area contributed by atoms with E-state index in [4.69, 9.17) is 0 Å². The molecule has 1 aromatic carbocycles. The van der Waals surface area contributed by atoms with Crippen LogP contribution in [0.15, 0.2) is 28.0 Å². The van der Waals surface area contributed by atoms with Crippen molar-refractivity contribution >= 4 is 32.5 Å². The van der Waals surface area contributed by atoms with Gasteiger partial charge < -0.3 is 0 Å². The summed E-state index contributed by atoms with van der Waals surface area (Å²) in [6.45, 7) is 5.37. The van der Waals surface area contributed by atoms with Crippen LogP contribution >= 0.6 is 22.5 Å². The van der Waals surface area contributed by atoms with Crippen molar-refractivity contribution in [1.82, 2.24) is 4.72 Å². The van der Waals surface area contributed by atoms with E-state index in [9.17, 15) is 8.42 Å². The van der Waals surface area contributed by atoms with E-state index < -0.39 is 10.0 Å². The SMILES string of the molecule is Cc1cc(SS)ccc1S(=O)(=O)NC(C)C. The van der Waals surface area contributed by atoms with Gasteiger partial charge in [0.1, 0.15) is 0 Å². The van der Waals surface area contributed by atoms with E-state index >= 15 is 0 Å². The molecule has 0 atom stereocenters. The summed E-state index contributed by atoms with van der Waals surface area (Å²) in [6, 6.07) is 5.06. The first kappa shape index (κ1) is 13.9. The topological polar surface area (TPSA) is 46.2 Å². The molecule has 0 heterocycles. The summed E-state index contributed by atoms with van der Waals surface area (Å²) < 4.78 is 26.4. The van der Waals surface area contributed by atoms with Gasteiger partial charge in [0.15, 0.2) is 0 Å². The van der Waals surface area contributed by atoms with Gasteiger partial charge in [-0.1, -0.05) is 10.8 Å². The summed E-state index contributed by atoms with van der Waals surface area (Å²) in [5.74, 6) is 0. The molecule has 1 N–H and O–H groups in total. The fourth-order valence-corrected chi connectivity index (χ4v) is 3.53. The summed E-state index contributed by atoms with van der Waals surface area (Å²) in [5, 5.41) is 0. The maximum atomic E-state index is 11.9. The number of hydrogen-bond donors (Lipinski definition) is 2. The van der Waals surface area contributed by atoms with E-state index in [-0.39, 0.29) is 6.04 Å². The zero-order chi connectivity index (χ0) is 12.3. The van der Waals surface area contributed by atoms with Crippen molar-refractivity contribution in [1.29, 1.82) is 0 Å². The molecule has 1 aromatic rings. The third-order valence-corrected chi connectivity index (χ3v) is 4.85. The molecule has 1 rings (SSSR count). The highest BCUT2D eigenvalue weighted by molar-refractivity contribution is 8.68. The summed E-state index contributed by atoms with van der Waals surface area (Å²) in [5.41, 5.74) is 0.729. The average molecular weight is 277 g/mol. The predicted octanol–water partition coefficient (Wildman–Crippen LogP) is 2.62. The molecule has 0 amide bonds. The summed E-state index contributed by atoms with van der Waals surface area (Å²) in [7, 11) is -2.10. The van der Waals surface area contributed by atoms with E-state index in [1.807, 2.05) is 6.07 Å². The van der Waals surface area contributed by atoms with E-state index in [2.05, 4.69) is 16.4 Å². The standard InChI is InChI=1S/C10H15NO2S3/c1-7(2)11-16(12,13)10-5-4-9(15-14)6-8(10)3/h4-7,11,14H,1-3H3. The lowest BCUT2D eigenvalue weighted by Gasteiger charge is -2.12. The van der Waals surface area contributed by atoms with Crippen molar-refractivity contribution in [3.05, 3.63) is 23.8 Å². The quantitative estimate of drug-likeness (QED) is 0.657. The molecule has 16 heavy (non-hydrogen) atoms. The van der Waals surface area contributed by atoms with E-state index in [0.29, 0.717) is 4.90 Å². The Morgan fingerprint density at radius 2 is 2.00 bits per heavy atom. The molecule has 90 valence electrons. The number of aryl methyl sites for hydroxylation is 1. The zero-order valence-corrected chi connectivity index (χ0v) is 11.9. The first-order valence-electron chi connectivity index (χ1n) is 4.81. The summed E-state index contributed by atoms with van der Waals surface area (Å²) in [6.07, 6.45) is 0. The number of nitrogens with one attached hydrogen (secondary N) is 1. The summed E-state index contributed by atoms with van der Waals surface area (Å²) >= 11 is 4.07. The van der Waals surface area contributed by atoms with Gasteiger partial charge >= 0.3 is 0 Å². The molecule has 0 aliphatic heterocycles. The van der Waals surface area contributed by atoms with Crippen LogP contribution < -0.4 is 4.72 Å². The number of thiol groups is 1. The van der Waals surface area contributed by atoms with Gasteiger partial charge in [-0.2, -0.15) is 0 Å². The Morgan fingerprint density at radius 1 is 1.38 bits per heavy atom. The Morgan fingerprint density at radius 3 is 2.44 bits per heavy atom. The molecule has 3 nitrogen and oxygen atoms in total. The molecule has 0 bridgehead atoms. The minimum absolute atomic E-state index is 0.108. The van der Waals surface area contributed by atoms with Crippen LogP contribution in [0.4, 0.5) is 0 Å². The first-order valence-corrected chi connectivity index (χ1v) is 8.16. The summed E-state index contributed by atoms with van der Waals surface area (Å²) in [4.78, 5) is 1.26. The van der Waals surface area contributed by atoms with Crippen molar-refractivity contribution in [2.45, 2.75) is 36.6 Å². The third-order valence-electron chi connectivity index (χ3n) is 1.93. The lowest BCUT2D eigenvalue weighted by Crippen LogP contribution is -2.30. The Kier molecular flexibility index (Phi) is 4.73. The van der Waals surface area contributed by atoms with E-state index in [0.717, 1.165) is 10.5 Å². The smallest absolute Gasteiger partial charge is 0.209 e. The second-order valence-corrected chi connectivity index (χ2v) is 6.68. The number of benzene rings is 1. The molecular weight excluding hydrogens is 262 g/mol. The number of rotatable bonds is 4. The Bertz CT molecular complexity index is 469. The van der Waals surface area contributed by atoms with Crippen LogP contribution in [0.2, 0.25) is 0 Å². The van der Waals surface area contributed by atoms with Crippen LogP contribution in [-0.2, 0) is 10.0 Å². The minimum atomic E-state index is -3.40. The van der Waals surface area contributed by atoms with Crippen molar-refractivity contribution in [2.24, 2.45) is 0 Å². The molecule has 0 saturated carbocycles. The van der Waals surface area contributed by atoms with Crippen molar-refractivity contribution < 1.29 is 8.42 Å². The van der Waals surface area contributed by atoms with Gasteiger partial charge in [-0.3, -0.25) is 0 Å². The van der Waals surface area contributed by atoms with Crippen LogP contribution in [0.1, 0.15) is 19.4 Å². The highest BCUT2D eigenvalue weighted by Crippen LogP contribution is 2.25. The lowest BCUT2D eigenvalue weighted by atomic mass is 10.2. The van der Waals surface area contributed by atoms with Crippen molar-refractivity contribution in [3.63, 3.8) is 0 Å². The molecular formula is C10H15NO2S3. The second kappa shape index (κ2) is 5.44. The van der Waals surface area contributed by atoms with Crippen LogP contribution in [0, 0.1) is 6.92 Å². The second-order valence-electron chi connectivity index (χ2n) is 3.79. The zero-order valence-electron chi connectivity index (χ0n) is 9.39. The number of hydrogen-bond acceptors (Lipinski definition) is 4. The Hall–Kier alpha value is -0.170. The molecule has 0 aliphatic rings. The molecule has 6 heteroatoms. The maximum Gasteiger partial charge on any atom is 0.241 e. The van der Waals surface area contributed by atoms with Crippen LogP contribution in [0.25, 0.3) is 0 Å². The fraction of sp³-hybridized carbons (Fsp3) is 0.400. The van der Waals surface area contributed by atoms with Crippen LogP contribution in [-0.4, -0.2) is 14.5 Å². The first-order chi connectivity index (χ1) is 7.36. The largest absolute Gasteiger partial charge is 0.241 e. The van der Waals surface area contributed by atoms with Gasteiger partial charge in [-0.25, -0.2) is 13.1 Å². The molecule has 0 unspecified atom stereocenters. The molecule has 0 aromatic heterocycles. The maximum absolute atomic E-state index is 11.9. The number of sulfonamides is 1. The normalized spacial score (nSPS) is 12.1. The monoisotopic (exact) mass is 277 g/mol. The lowest BCUT2D eigenvalue weighted by molar-refractivity contribution is 0.569. The molecule has 0 radical (unpaired) electrons. The Balaban J connectivity index is 3.14. The van der Waals surface area contributed by atoms with Crippen molar-refractivity contribution in [3.8, 4) is 0 Å². The van der Waals surface area contributed by atoms with Gasteiger partial charge in [0.25, 0.3) is 0 Å². The fourth-order valence-electron chi connectivity index (χ4n) is 1.35. The van der Waals surface area contributed by atoms with Gasteiger partial charge in [0.05, 0.1) is 4.90 Å². The average Bonchev–Trinajstić information content (AvgIpc) is 2.14. The van der Waals surface area contributed by atoms with Gasteiger partial charge in [0, 0.05) is 10.9 Å². The highest BCUT2D eigenvalue weighted by atomic mass is 33.1. The molecule has 0 spiro atoms. The molecule has 0 fully saturated rings. The van der Waals surface area contributed by atoms with E-state index in [1.54, 1.807) is 32.9 Å². The minimum Gasteiger partial charge on any atom is -0.209 e. The molecule has 0 aliphatic carbocycles. The van der Waals surface area contributed by atoms with E-state index in [1.165, 1.54) is 10.8 Å². The van der Waals surface area contributed by atoms with Gasteiger partial charge in [-0.05, 0) is 44.5 Å². The Labute approximate surface area is 106 Å². The highest BCUT2D eigenvalue weighted by Gasteiger charge is 2.17. The predicted molar refractivity (Wildman–Crippen MR) is 71.5 cm³/mol. The third kappa shape index (κ3) is 3.41.